The van der Waals surface area contributed by atoms with Crippen molar-refractivity contribution in [3.8, 4) is 0 Å². The van der Waals surface area contributed by atoms with Crippen LogP contribution in [0, 0.1) is 5.92 Å². The number of carbonyl (C=O) groups is 2. The third-order valence-electron chi connectivity index (χ3n) is 3.46. The van der Waals surface area contributed by atoms with Gasteiger partial charge in [0, 0.05) is 12.5 Å². The van der Waals surface area contributed by atoms with Crippen LogP contribution in [0.1, 0.15) is 26.3 Å². The van der Waals surface area contributed by atoms with Crippen LogP contribution in [0.3, 0.4) is 0 Å². The van der Waals surface area contributed by atoms with Gasteiger partial charge in [0.2, 0.25) is 0 Å². The van der Waals surface area contributed by atoms with E-state index in [0.29, 0.717) is 6.42 Å². The molecule has 0 spiro atoms. The summed E-state index contributed by atoms with van der Waals surface area (Å²) in [6, 6.07) is 14.1. The van der Waals surface area contributed by atoms with Crippen LogP contribution >= 0.6 is 0 Å². The van der Waals surface area contributed by atoms with Gasteiger partial charge in [-0.3, -0.25) is 0 Å². The number of hydrogen-bond acceptors (Lipinski definition) is 3. The van der Waals surface area contributed by atoms with Gasteiger partial charge in [0.15, 0.2) is 0 Å². The Morgan fingerprint density at radius 2 is 1.87 bits per heavy atom. The van der Waals surface area contributed by atoms with Gasteiger partial charge in [0.05, 0.1) is 0 Å². The van der Waals surface area contributed by atoms with Crippen LogP contribution in [0.5, 0.6) is 0 Å². The molecule has 2 aromatic carbocycles. The molecule has 0 heterocycles. The summed E-state index contributed by atoms with van der Waals surface area (Å²) in [6.07, 6.45) is 0.974. The highest BCUT2D eigenvalue weighted by molar-refractivity contribution is 5.86. The van der Waals surface area contributed by atoms with Gasteiger partial charge in [-0.05, 0) is 43.5 Å². The van der Waals surface area contributed by atoms with E-state index in [1.165, 1.54) is 0 Å². The van der Waals surface area contributed by atoms with Crippen molar-refractivity contribution >= 4 is 23.2 Å². The lowest BCUT2D eigenvalue weighted by atomic mass is 9.95. The summed E-state index contributed by atoms with van der Waals surface area (Å²) in [5.74, 6) is -0.284. The van der Waals surface area contributed by atoms with Gasteiger partial charge in [-0.1, -0.05) is 42.5 Å². The van der Waals surface area contributed by atoms with E-state index in [4.69, 9.17) is 4.74 Å². The minimum Gasteiger partial charge on any atom is -0.444 e. The number of nitrogens with one attached hydrogen (secondary N) is 1. The molecular weight excluding hydrogens is 290 g/mol. The molecular formula is C19H23NO3. The van der Waals surface area contributed by atoms with Gasteiger partial charge in [-0.2, -0.15) is 0 Å². The van der Waals surface area contributed by atoms with Crippen LogP contribution in [0.2, 0.25) is 0 Å². The molecule has 122 valence electrons. The van der Waals surface area contributed by atoms with Crippen LogP contribution in [0.15, 0.2) is 42.5 Å². The van der Waals surface area contributed by atoms with Crippen LogP contribution in [0.4, 0.5) is 4.79 Å². The van der Waals surface area contributed by atoms with Crippen molar-refractivity contribution in [1.29, 1.82) is 0 Å². The average Bonchev–Trinajstić information content (AvgIpc) is 2.50. The van der Waals surface area contributed by atoms with Gasteiger partial charge < -0.3 is 14.8 Å². The molecule has 4 nitrogen and oxygen atoms in total. The zero-order valence-corrected chi connectivity index (χ0v) is 13.8. The molecule has 0 bridgehead atoms. The van der Waals surface area contributed by atoms with E-state index in [9.17, 15) is 9.59 Å². The number of ether oxygens (including phenoxy) is 1. The number of amides is 1. The van der Waals surface area contributed by atoms with Crippen molar-refractivity contribution < 1.29 is 14.3 Å². The molecule has 23 heavy (non-hydrogen) atoms. The van der Waals surface area contributed by atoms with E-state index < -0.39 is 11.7 Å². The number of carbonyl (C=O) groups excluding carboxylic acids is 2. The molecule has 4 heteroatoms. The average molecular weight is 313 g/mol. The lowest BCUT2D eigenvalue weighted by molar-refractivity contribution is -0.110. The fourth-order valence-corrected chi connectivity index (χ4v) is 2.45. The second-order valence-corrected chi connectivity index (χ2v) is 6.62. The molecule has 2 rings (SSSR count). The van der Waals surface area contributed by atoms with Crippen molar-refractivity contribution in [3.63, 3.8) is 0 Å². The van der Waals surface area contributed by atoms with Gasteiger partial charge in [0.1, 0.15) is 11.9 Å². The highest BCUT2D eigenvalue weighted by Crippen LogP contribution is 2.20. The maximum absolute atomic E-state index is 11.7. The number of alkyl carbamates (subject to hydrolysis) is 1. The first-order valence-corrected chi connectivity index (χ1v) is 7.78. The van der Waals surface area contributed by atoms with Crippen molar-refractivity contribution in [2.24, 2.45) is 5.92 Å². The normalized spacial score (nSPS) is 12.7. The summed E-state index contributed by atoms with van der Waals surface area (Å²) < 4.78 is 5.19. The largest absolute Gasteiger partial charge is 0.444 e. The van der Waals surface area contributed by atoms with Gasteiger partial charge in [0.25, 0.3) is 0 Å². The molecule has 0 saturated carbocycles. The van der Waals surface area contributed by atoms with Crippen LogP contribution in [-0.2, 0) is 16.0 Å². The summed E-state index contributed by atoms with van der Waals surface area (Å²) in [7, 11) is 0. The topological polar surface area (TPSA) is 55.4 Å². The predicted molar refractivity (Wildman–Crippen MR) is 91.4 cm³/mol. The van der Waals surface area contributed by atoms with Gasteiger partial charge >= 0.3 is 6.09 Å². The molecule has 0 aliphatic heterocycles. The van der Waals surface area contributed by atoms with E-state index >= 15 is 0 Å². The van der Waals surface area contributed by atoms with Gasteiger partial charge in [-0.15, -0.1) is 0 Å². The maximum Gasteiger partial charge on any atom is 0.407 e. The first-order valence-electron chi connectivity index (χ1n) is 7.78. The van der Waals surface area contributed by atoms with E-state index in [-0.39, 0.29) is 12.5 Å². The van der Waals surface area contributed by atoms with Gasteiger partial charge in [-0.25, -0.2) is 4.79 Å². The number of aldehydes is 1. The Morgan fingerprint density at radius 1 is 1.17 bits per heavy atom. The van der Waals surface area contributed by atoms with E-state index in [2.05, 4.69) is 5.32 Å². The lowest BCUT2D eigenvalue weighted by Crippen LogP contribution is -2.36. The Kier molecular flexibility index (Phi) is 5.37. The second-order valence-electron chi connectivity index (χ2n) is 6.62. The number of rotatable bonds is 5. The molecule has 0 saturated heterocycles. The number of benzene rings is 2. The molecule has 0 fully saturated rings. The Morgan fingerprint density at radius 3 is 2.57 bits per heavy atom. The molecule has 1 atom stereocenters. The smallest absolute Gasteiger partial charge is 0.407 e. The summed E-state index contributed by atoms with van der Waals surface area (Å²) in [6.45, 7) is 5.68. The Balaban J connectivity index is 2.02. The molecule has 1 amide bonds. The highest BCUT2D eigenvalue weighted by Gasteiger charge is 2.18. The monoisotopic (exact) mass is 313 g/mol. The maximum atomic E-state index is 11.7. The van der Waals surface area contributed by atoms with Crippen LogP contribution < -0.4 is 5.32 Å². The van der Waals surface area contributed by atoms with E-state index in [1.54, 1.807) is 20.8 Å². The fraction of sp³-hybridized carbons (Fsp3) is 0.368. The summed E-state index contributed by atoms with van der Waals surface area (Å²) in [4.78, 5) is 23.0. The van der Waals surface area contributed by atoms with Crippen molar-refractivity contribution in [3.05, 3.63) is 48.0 Å². The molecule has 0 aromatic heterocycles. The molecule has 0 radical (unpaired) electrons. The molecule has 0 unspecified atom stereocenters. The van der Waals surface area contributed by atoms with Crippen LogP contribution in [-0.4, -0.2) is 24.5 Å². The lowest BCUT2D eigenvalue weighted by Gasteiger charge is -2.20. The fourth-order valence-electron chi connectivity index (χ4n) is 2.45. The first kappa shape index (κ1) is 17.0. The Hall–Kier alpha value is -2.36. The van der Waals surface area contributed by atoms with Crippen molar-refractivity contribution in [2.75, 3.05) is 6.54 Å². The Labute approximate surface area is 136 Å². The number of fused-ring (bicyclic) bond motifs is 1. The van der Waals surface area contributed by atoms with E-state index in [1.807, 2.05) is 42.5 Å². The van der Waals surface area contributed by atoms with Crippen molar-refractivity contribution in [1.82, 2.24) is 5.32 Å². The second kappa shape index (κ2) is 7.27. The number of hydrogen-bond donors (Lipinski definition) is 1. The third-order valence-corrected chi connectivity index (χ3v) is 3.46. The molecule has 0 aliphatic carbocycles. The minimum absolute atomic E-state index is 0.266. The van der Waals surface area contributed by atoms with Crippen molar-refractivity contribution in [2.45, 2.75) is 32.8 Å². The third kappa shape index (κ3) is 5.09. The first-order chi connectivity index (χ1) is 10.9. The summed E-state index contributed by atoms with van der Waals surface area (Å²) >= 11 is 0. The zero-order chi connectivity index (χ0) is 16.9. The SMILES string of the molecule is CC(C)(C)OC(=O)NC[C@@H](C=O)Cc1cccc2ccccc12. The minimum atomic E-state index is -0.545. The quantitative estimate of drug-likeness (QED) is 0.856. The Bertz CT molecular complexity index is 683. The standard InChI is InChI=1S/C19H23NO3/c1-19(2,3)23-18(22)20-12-14(13-21)11-16-9-6-8-15-7-4-5-10-17(15)16/h4-10,13-14H,11-12H2,1-3H3,(H,20,22)/t14-/m0/s1. The summed E-state index contributed by atoms with van der Waals surface area (Å²) in [5.41, 5.74) is 0.558. The predicted octanol–water partition coefficient (Wildman–Crippen LogP) is 3.72. The van der Waals surface area contributed by atoms with E-state index in [0.717, 1.165) is 22.6 Å². The molecule has 2 aromatic rings. The van der Waals surface area contributed by atoms with Crippen LogP contribution in [0.25, 0.3) is 10.8 Å². The molecule has 1 N–H and O–H groups in total. The highest BCUT2D eigenvalue weighted by atomic mass is 16.6. The summed E-state index contributed by atoms with van der Waals surface area (Å²) in [5, 5.41) is 4.95. The molecule has 0 aliphatic rings. The zero-order valence-electron chi connectivity index (χ0n) is 13.8.